The van der Waals surface area contributed by atoms with Gasteiger partial charge in [0, 0.05) is 45.3 Å². The van der Waals surface area contributed by atoms with Crippen molar-refractivity contribution in [3.63, 3.8) is 0 Å². The highest BCUT2D eigenvalue weighted by Crippen LogP contribution is 2.12. The Hall–Kier alpha value is -1.95. The lowest BCUT2D eigenvalue weighted by Gasteiger charge is -2.33. The number of nitrogens with one attached hydrogen (secondary N) is 2. The Morgan fingerprint density at radius 1 is 1.32 bits per heavy atom. The summed E-state index contributed by atoms with van der Waals surface area (Å²) in [6.07, 6.45) is 2.59. The van der Waals surface area contributed by atoms with Crippen molar-refractivity contribution < 1.29 is 8.78 Å². The molecule has 25 heavy (non-hydrogen) atoms. The minimum Gasteiger partial charge on any atom is -0.356 e. The zero-order valence-electron chi connectivity index (χ0n) is 15.1. The fraction of sp³-hybridized carbons (Fsp3) is 0.526. The lowest BCUT2D eigenvalue weighted by Crippen LogP contribution is -2.49. The molecule has 1 aliphatic heterocycles. The van der Waals surface area contributed by atoms with Crippen LogP contribution in [0.3, 0.4) is 0 Å². The predicted molar refractivity (Wildman–Crippen MR) is 98.8 cm³/mol. The van der Waals surface area contributed by atoms with Crippen molar-refractivity contribution in [2.75, 3.05) is 33.2 Å². The van der Waals surface area contributed by atoms with E-state index in [1.54, 1.807) is 7.05 Å². The van der Waals surface area contributed by atoms with Gasteiger partial charge in [0.1, 0.15) is 11.6 Å². The van der Waals surface area contributed by atoms with Crippen LogP contribution in [0.2, 0.25) is 0 Å². The van der Waals surface area contributed by atoms with Gasteiger partial charge in [-0.1, -0.05) is 18.2 Å². The highest BCUT2D eigenvalue weighted by Gasteiger charge is 2.19. The van der Waals surface area contributed by atoms with Crippen molar-refractivity contribution in [2.24, 2.45) is 4.99 Å². The summed E-state index contributed by atoms with van der Waals surface area (Å²) in [5, 5.41) is 6.63. The van der Waals surface area contributed by atoms with E-state index in [0.29, 0.717) is 24.6 Å². The van der Waals surface area contributed by atoms with Crippen LogP contribution < -0.4 is 10.6 Å². The molecule has 1 heterocycles. The van der Waals surface area contributed by atoms with Gasteiger partial charge in [0.15, 0.2) is 5.96 Å². The van der Waals surface area contributed by atoms with Crippen LogP contribution in [0.15, 0.2) is 35.3 Å². The number of nitrogens with zero attached hydrogens (tertiary/aromatic N) is 2. The van der Waals surface area contributed by atoms with E-state index >= 15 is 0 Å². The van der Waals surface area contributed by atoms with Crippen LogP contribution in [0.5, 0.6) is 0 Å². The summed E-state index contributed by atoms with van der Waals surface area (Å²) < 4.78 is 26.5. The average molecular weight is 350 g/mol. The third-order valence-corrected chi connectivity index (χ3v) is 4.35. The number of hydrogen-bond acceptors (Lipinski definition) is 2. The number of piperidine rings is 1. The highest BCUT2D eigenvalue weighted by molar-refractivity contribution is 5.79. The number of guanidine groups is 1. The molecular weight excluding hydrogens is 322 g/mol. The van der Waals surface area contributed by atoms with Crippen LogP contribution in [0.25, 0.3) is 0 Å². The third kappa shape index (κ3) is 6.46. The fourth-order valence-corrected chi connectivity index (χ4v) is 3.05. The summed E-state index contributed by atoms with van der Waals surface area (Å²) in [5.74, 6) is -0.333. The van der Waals surface area contributed by atoms with Crippen LogP contribution >= 0.6 is 0 Å². The molecule has 138 valence electrons. The van der Waals surface area contributed by atoms with E-state index in [1.807, 2.05) is 0 Å². The van der Waals surface area contributed by atoms with Gasteiger partial charge in [-0.2, -0.15) is 0 Å². The van der Waals surface area contributed by atoms with E-state index in [2.05, 4.69) is 34.0 Å². The van der Waals surface area contributed by atoms with Crippen LogP contribution in [-0.4, -0.2) is 50.1 Å². The van der Waals surface area contributed by atoms with Crippen molar-refractivity contribution >= 4 is 5.96 Å². The van der Waals surface area contributed by atoms with Crippen LogP contribution in [0.1, 0.15) is 25.3 Å². The molecule has 6 heteroatoms. The second-order valence-corrected chi connectivity index (χ2v) is 6.64. The molecule has 2 N–H and O–H groups in total. The van der Waals surface area contributed by atoms with Crippen molar-refractivity contribution in [3.8, 4) is 0 Å². The molecule has 0 unspecified atom stereocenters. The maximum absolute atomic E-state index is 13.6. The van der Waals surface area contributed by atoms with Gasteiger partial charge in [-0.15, -0.1) is 0 Å². The first-order chi connectivity index (χ1) is 12.0. The van der Waals surface area contributed by atoms with Gasteiger partial charge in [0.2, 0.25) is 0 Å². The standard InChI is InChI=1S/C19H28F2N4/c1-14(2)13-25-10-7-17(8-11-25)24-19(22-3)23-9-6-15-4-5-16(20)12-18(15)21/h4-5,12,17H,1,6-11,13H2,2-3H3,(H2,22,23,24). The highest BCUT2D eigenvalue weighted by atomic mass is 19.1. The SMILES string of the molecule is C=C(C)CN1CCC(NC(=NC)NCCc2ccc(F)cc2F)CC1. The molecule has 1 aromatic rings. The Kier molecular flexibility index (Phi) is 7.37. The molecule has 0 aliphatic carbocycles. The molecule has 0 radical (unpaired) electrons. The van der Waals surface area contributed by atoms with E-state index in [0.717, 1.165) is 44.5 Å². The first kappa shape index (κ1) is 19.4. The molecule has 0 bridgehead atoms. The van der Waals surface area contributed by atoms with Gasteiger partial charge in [-0.3, -0.25) is 9.89 Å². The summed E-state index contributed by atoms with van der Waals surface area (Å²) in [4.78, 5) is 6.64. The Labute approximate surface area is 149 Å². The van der Waals surface area contributed by atoms with Crippen LogP contribution in [0.4, 0.5) is 8.78 Å². The summed E-state index contributed by atoms with van der Waals surface area (Å²) in [6, 6.07) is 4.07. The molecule has 0 saturated carbocycles. The Morgan fingerprint density at radius 2 is 2.04 bits per heavy atom. The number of aliphatic imine (C=N–C) groups is 1. The third-order valence-electron chi connectivity index (χ3n) is 4.35. The topological polar surface area (TPSA) is 39.7 Å². The van der Waals surface area contributed by atoms with E-state index in [1.165, 1.54) is 17.7 Å². The molecule has 1 saturated heterocycles. The maximum Gasteiger partial charge on any atom is 0.191 e. The fourth-order valence-electron chi connectivity index (χ4n) is 3.05. The van der Waals surface area contributed by atoms with E-state index < -0.39 is 11.6 Å². The quantitative estimate of drug-likeness (QED) is 0.471. The van der Waals surface area contributed by atoms with E-state index in [4.69, 9.17) is 0 Å². The molecular formula is C19H28F2N4. The number of hydrogen-bond donors (Lipinski definition) is 2. The van der Waals surface area contributed by atoms with E-state index in [9.17, 15) is 8.78 Å². The van der Waals surface area contributed by atoms with Gasteiger partial charge in [-0.25, -0.2) is 8.78 Å². The van der Waals surface area contributed by atoms with Crippen molar-refractivity contribution in [1.82, 2.24) is 15.5 Å². The molecule has 4 nitrogen and oxygen atoms in total. The first-order valence-corrected chi connectivity index (χ1v) is 8.75. The summed E-state index contributed by atoms with van der Waals surface area (Å²) >= 11 is 0. The van der Waals surface area contributed by atoms with Crippen molar-refractivity contribution in [1.29, 1.82) is 0 Å². The average Bonchev–Trinajstić information content (AvgIpc) is 2.57. The lowest BCUT2D eigenvalue weighted by atomic mass is 10.0. The van der Waals surface area contributed by atoms with Crippen molar-refractivity contribution in [3.05, 3.63) is 47.5 Å². The first-order valence-electron chi connectivity index (χ1n) is 8.75. The van der Waals surface area contributed by atoms with Crippen molar-refractivity contribution in [2.45, 2.75) is 32.2 Å². The second-order valence-electron chi connectivity index (χ2n) is 6.64. The Balaban J connectivity index is 1.73. The van der Waals surface area contributed by atoms with Crippen LogP contribution in [0, 0.1) is 11.6 Å². The number of halogens is 2. The normalized spacial score (nSPS) is 16.7. The molecule has 2 rings (SSSR count). The zero-order chi connectivity index (χ0) is 18.2. The summed E-state index contributed by atoms with van der Waals surface area (Å²) in [5.41, 5.74) is 1.69. The van der Waals surface area contributed by atoms with E-state index in [-0.39, 0.29) is 0 Å². The largest absolute Gasteiger partial charge is 0.356 e. The van der Waals surface area contributed by atoms with Gasteiger partial charge in [0.25, 0.3) is 0 Å². The Morgan fingerprint density at radius 3 is 2.64 bits per heavy atom. The zero-order valence-corrected chi connectivity index (χ0v) is 15.1. The minimum absolute atomic E-state index is 0.384. The second kappa shape index (κ2) is 9.51. The van der Waals surface area contributed by atoms with Gasteiger partial charge >= 0.3 is 0 Å². The Bertz CT molecular complexity index is 607. The molecule has 0 spiro atoms. The predicted octanol–water partition coefficient (Wildman–Crippen LogP) is 2.71. The molecule has 0 atom stereocenters. The summed E-state index contributed by atoms with van der Waals surface area (Å²) in [6.45, 7) is 9.61. The lowest BCUT2D eigenvalue weighted by molar-refractivity contribution is 0.221. The minimum atomic E-state index is -0.551. The molecule has 1 aliphatic rings. The van der Waals surface area contributed by atoms with Gasteiger partial charge in [0.05, 0.1) is 0 Å². The summed E-state index contributed by atoms with van der Waals surface area (Å²) in [7, 11) is 1.73. The van der Waals surface area contributed by atoms with Gasteiger partial charge in [-0.05, 0) is 37.8 Å². The molecule has 1 fully saturated rings. The molecule has 1 aromatic carbocycles. The number of likely N-dealkylation sites (tertiary alicyclic amines) is 1. The number of rotatable bonds is 6. The van der Waals surface area contributed by atoms with Gasteiger partial charge < -0.3 is 10.6 Å². The number of benzene rings is 1. The monoisotopic (exact) mass is 350 g/mol. The maximum atomic E-state index is 13.6. The van der Waals surface area contributed by atoms with Crippen LogP contribution in [-0.2, 0) is 6.42 Å². The molecule has 0 amide bonds. The smallest absolute Gasteiger partial charge is 0.191 e. The molecule has 0 aromatic heterocycles.